The number of allylic oxidation sites excluding steroid dienone is 4. The monoisotopic (exact) mass is 1040 g/mol. The molecule has 9 rings (SSSR count). The van der Waals surface area contributed by atoms with E-state index in [4.69, 9.17) is 9.47 Å². The molecule has 78 heavy (non-hydrogen) atoms. The van der Waals surface area contributed by atoms with E-state index in [0.717, 1.165) is 0 Å². The number of aromatic nitrogens is 4. The molecule has 0 bridgehead atoms. The lowest BCUT2D eigenvalue weighted by Gasteiger charge is -2.27. The molecule has 4 unspecified atom stereocenters. The van der Waals surface area contributed by atoms with Gasteiger partial charge in [-0.25, -0.2) is 0 Å². The number of amides is 4. The fraction of sp³-hybridized carbons (Fsp3) is 0.103. The van der Waals surface area contributed by atoms with Crippen LogP contribution in [-0.2, 0) is 19.2 Å². The normalized spacial score (nSPS) is 16.3. The van der Waals surface area contributed by atoms with E-state index in [-0.39, 0.29) is 45.5 Å². The lowest BCUT2D eigenvalue weighted by molar-refractivity contribution is -0.144. The first kappa shape index (κ1) is 52.1. The van der Waals surface area contributed by atoms with Gasteiger partial charge in [0.15, 0.2) is 0 Å². The smallest absolute Gasteiger partial charge is 0.311 e. The number of nitrogens with zero attached hydrogens (tertiary/aromatic N) is 4. The van der Waals surface area contributed by atoms with Crippen LogP contribution in [0.3, 0.4) is 0 Å². The second-order valence-corrected chi connectivity index (χ2v) is 17.5. The highest BCUT2D eigenvalue weighted by atomic mass is 16.5. The van der Waals surface area contributed by atoms with Crippen LogP contribution in [0.5, 0.6) is 11.5 Å². The van der Waals surface area contributed by atoms with Gasteiger partial charge in [0.05, 0.1) is 34.6 Å². The summed E-state index contributed by atoms with van der Waals surface area (Å²) < 4.78 is 12.5. The minimum absolute atomic E-state index is 0.0464. The van der Waals surface area contributed by atoms with E-state index in [2.05, 4.69) is 51.8 Å². The van der Waals surface area contributed by atoms with Crippen LogP contribution in [0.15, 0.2) is 194 Å². The summed E-state index contributed by atoms with van der Waals surface area (Å²) in [6.45, 7) is 0. The van der Waals surface area contributed by atoms with Gasteiger partial charge in [-0.1, -0.05) is 42.5 Å². The largest absolute Gasteiger partial charge is 0.481 e. The third-order valence-electron chi connectivity index (χ3n) is 12.3. The molecule has 4 amide bonds. The van der Waals surface area contributed by atoms with E-state index in [1.54, 1.807) is 130 Å². The van der Waals surface area contributed by atoms with Crippen LogP contribution < -0.4 is 41.4 Å². The molecule has 0 fully saturated rings. The molecule has 7 aromatic rings. The van der Waals surface area contributed by atoms with E-state index in [0.29, 0.717) is 45.5 Å². The molecule has 20 nitrogen and oxygen atoms in total. The van der Waals surface area contributed by atoms with Crippen LogP contribution in [0.4, 0.5) is 34.1 Å². The minimum atomic E-state index is -1.42. The average molecular weight is 1050 g/mol. The van der Waals surface area contributed by atoms with E-state index in [1.165, 1.54) is 66.8 Å². The first-order chi connectivity index (χ1) is 37.8. The van der Waals surface area contributed by atoms with Gasteiger partial charge in [0.25, 0.3) is 11.8 Å². The Bertz CT molecular complexity index is 3360. The fourth-order valence-electron chi connectivity index (χ4n) is 8.63. The summed E-state index contributed by atoms with van der Waals surface area (Å²) in [5, 5.41) is 38.0. The van der Waals surface area contributed by atoms with Crippen molar-refractivity contribution in [2.24, 2.45) is 23.7 Å². The molecule has 8 N–H and O–H groups in total. The number of rotatable bonds is 18. The highest BCUT2D eigenvalue weighted by Crippen LogP contribution is 2.36. The number of pyridine rings is 4. The van der Waals surface area contributed by atoms with Gasteiger partial charge in [-0.2, -0.15) is 0 Å². The van der Waals surface area contributed by atoms with Gasteiger partial charge in [-0.3, -0.25) is 48.7 Å². The molecule has 20 heteroatoms. The molecule has 4 atom stereocenters. The average Bonchev–Trinajstić information content (AvgIpc) is 3.46. The van der Waals surface area contributed by atoms with Crippen molar-refractivity contribution in [3.05, 3.63) is 205 Å². The first-order valence-electron chi connectivity index (χ1n) is 24.2. The van der Waals surface area contributed by atoms with Gasteiger partial charge < -0.3 is 51.6 Å². The van der Waals surface area contributed by atoms with Crippen LogP contribution >= 0.6 is 0 Å². The van der Waals surface area contributed by atoms with Gasteiger partial charge in [-0.05, 0) is 109 Å². The van der Waals surface area contributed by atoms with Crippen molar-refractivity contribution < 1.29 is 48.5 Å². The topological polar surface area (TPSA) is 285 Å². The molecule has 2 aliphatic carbocycles. The Morgan fingerprint density at radius 2 is 0.885 bits per heavy atom. The summed E-state index contributed by atoms with van der Waals surface area (Å²) in [6.07, 6.45) is 14.9. The maximum Gasteiger partial charge on any atom is 0.311 e. The van der Waals surface area contributed by atoms with Crippen molar-refractivity contribution >= 4 is 69.7 Å². The van der Waals surface area contributed by atoms with E-state index < -0.39 is 59.2 Å². The number of carbonyl (C=O) groups is 6. The maximum absolute atomic E-state index is 14.3. The Balaban J connectivity index is 0.913. The summed E-state index contributed by atoms with van der Waals surface area (Å²) in [5.74, 6) is -10.7. The molecular formula is C58H48N10O10. The number of hydrogen-bond donors (Lipinski definition) is 8. The number of carbonyl (C=O) groups excluding carboxylic acids is 4. The van der Waals surface area contributed by atoms with Crippen molar-refractivity contribution in [1.29, 1.82) is 0 Å². The molecule has 0 spiro atoms. The molecule has 390 valence electrons. The first-order valence-corrected chi connectivity index (χ1v) is 24.2. The zero-order valence-electron chi connectivity index (χ0n) is 41.6. The SMILES string of the molecule is CNc1cc(NC(=O)C2C(Oc3cccc(OC4=CC=CC(C(=O)O)C4C(=O)Nc4cc(NC)cc(C(=O)Nc5cccnc5-c5ccccn5)c4)c3)=CC=CC2C(=O)O)cc(C(=O)Nc2cccnc2-c2ccccn2)c1. The zero-order chi connectivity index (χ0) is 54.7. The third-order valence-corrected chi connectivity index (χ3v) is 12.3. The zero-order valence-corrected chi connectivity index (χ0v) is 41.6. The Hall–Kier alpha value is -10.8. The highest BCUT2D eigenvalue weighted by Gasteiger charge is 2.40. The van der Waals surface area contributed by atoms with E-state index in [9.17, 15) is 39.0 Å². The number of carboxylic acids is 2. The molecule has 4 heterocycles. The molecule has 0 saturated carbocycles. The van der Waals surface area contributed by atoms with Gasteiger partial charge in [0, 0.05) is 78.8 Å². The summed E-state index contributed by atoms with van der Waals surface area (Å²) in [6, 6.07) is 32.6. The second-order valence-electron chi connectivity index (χ2n) is 17.5. The Labute approximate surface area is 445 Å². The fourth-order valence-corrected chi connectivity index (χ4v) is 8.63. The second kappa shape index (κ2) is 23.6. The number of hydrogen-bond acceptors (Lipinski definition) is 14. The maximum atomic E-state index is 14.3. The van der Waals surface area contributed by atoms with E-state index >= 15 is 0 Å². The van der Waals surface area contributed by atoms with Crippen LogP contribution in [-0.4, -0.2) is 79.8 Å². The predicted octanol–water partition coefficient (Wildman–Crippen LogP) is 8.77. The standard InChI is InChI=1S/C58H48N10O10/c1-59-35-26-33(53(69)67-45-18-10-24-63-51(45)43-16-3-5-22-61-43)28-37(30-35)65-55(71)49-41(57(73)74)14-8-20-47(49)77-39-12-7-13-40(32-39)78-48-21-9-15-42(58(75)76)50(48)56(72)66-38-29-34(27-36(31-38)60-2)54(70)68-46-19-11-25-64-52(46)44-17-4-6-23-62-44/h3-32,41-42,49-50,59-60H,1-2H3,(H,65,71)(H,66,72)(H,67,69)(H,68,70)(H,73,74)(H,75,76). The van der Waals surface area contributed by atoms with E-state index in [1.807, 2.05) is 0 Å². The Kier molecular flexibility index (Phi) is 15.8. The van der Waals surface area contributed by atoms with Gasteiger partial charge in [-0.15, -0.1) is 0 Å². The molecule has 0 aliphatic heterocycles. The van der Waals surface area contributed by atoms with Gasteiger partial charge in [0.1, 0.15) is 46.2 Å². The van der Waals surface area contributed by atoms with Crippen LogP contribution in [0, 0.1) is 23.7 Å². The number of anilines is 6. The predicted molar refractivity (Wildman–Crippen MR) is 291 cm³/mol. The number of benzene rings is 3. The molecule has 4 aromatic heterocycles. The third kappa shape index (κ3) is 12.1. The number of carboxylic acid groups (broad SMARTS) is 2. The highest BCUT2D eigenvalue weighted by molar-refractivity contribution is 6.09. The molecule has 2 aliphatic rings. The van der Waals surface area contributed by atoms with Crippen LogP contribution in [0.1, 0.15) is 20.7 Å². The van der Waals surface area contributed by atoms with Crippen LogP contribution in [0.2, 0.25) is 0 Å². The summed E-state index contributed by atoms with van der Waals surface area (Å²) in [4.78, 5) is 99.1. The molecular weight excluding hydrogens is 997 g/mol. The van der Waals surface area contributed by atoms with Gasteiger partial charge in [0.2, 0.25) is 11.8 Å². The lowest BCUT2D eigenvalue weighted by Crippen LogP contribution is -2.37. The van der Waals surface area contributed by atoms with Crippen molar-refractivity contribution in [3.63, 3.8) is 0 Å². The summed E-state index contributed by atoms with van der Waals surface area (Å²) >= 11 is 0. The van der Waals surface area contributed by atoms with Crippen LogP contribution in [0.25, 0.3) is 22.8 Å². The number of ether oxygens (including phenoxy) is 2. The lowest BCUT2D eigenvalue weighted by atomic mass is 9.85. The summed E-state index contributed by atoms with van der Waals surface area (Å²) in [5.41, 5.74) is 4.34. The number of aliphatic carboxylic acids is 2. The van der Waals surface area contributed by atoms with Crippen molar-refractivity contribution in [2.45, 2.75) is 0 Å². The quantitative estimate of drug-likeness (QED) is 0.0398. The van der Waals surface area contributed by atoms with Crippen molar-refractivity contribution in [2.75, 3.05) is 46.0 Å². The molecule has 0 saturated heterocycles. The number of nitrogens with one attached hydrogen (secondary N) is 6. The molecule has 3 aromatic carbocycles. The minimum Gasteiger partial charge on any atom is -0.481 e. The Morgan fingerprint density at radius 1 is 0.462 bits per heavy atom. The molecule has 0 radical (unpaired) electrons. The van der Waals surface area contributed by atoms with Crippen molar-refractivity contribution in [1.82, 2.24) is 19.9 Å². The Morgan fingerprint density at radius 3 is 1.28 bits per heavy atom. The van der Waals surface area contributed by atoms with Gasteiger partial charge >= 0.3 is 11.9 Å². The summed E-state index contributed by atoms with van der Waals surface area (Å²) in [7, 11) is 3.27. The van der Waals surface area contributed by atoms with Crippen molar-refractivity contribution in [3.8, 4) is 34.3 Å².